The molecule has 2 fully saturated rings. The van der Waals surface area contributed by atoms with Crippen LogP contribution in [0.2, 0.25) is 0 Å². The summed E-state index contributed by atoms with van der Waals surface area (Å²) < 4.78 is 5.43. The number of furan rings is 1. The molecule has 2 aliphatic rings. The first-order valence-corrected chi connectivity index (χ1v) is 7.83. The molecule has 2 amide bonds. The highest BCUT2D eigenvalue weighted by atomic mass is 16.3. The van der Waals surface area contributed by atoms with Gasteiger partial charge in [0.15, 0.2) is 0 Å². The molecular weight excluding hydrogens is 282 g/mol. The molecule has 0 aromatic carbocycles. The van der Waals surface area contributed by atoms with Crippen molar-refractivity contribution in [1.29, 1.82) is 0 Å². The molecule has 3 rings (SSSR count). The van der Waals surface area contributed by atoms with E-state index in [9.17, 15) is 9.59 Å². The average molecular weight is 305 g/mol. The summed E-state index contributed by atoms with van der Waals surface area (Å²) in [5, 5.41) is 2.98. The average Bonchev–Trinajstić information content (AvgIpc) is 3.02. The second kappa shape index (κ2) is 6.12. The van der Waals surface area contributed by atoms with Crippen LogP contribution in [0.3, 0.4) is 0 Å². The Kier molecular flexibility index (Phi) is 4.20. The molecule has 22 heavy (non-hydrogen) atoms. The first-order chi connectivity index (χ1) is 10.6. The Morgan fingerprint density at radius 2 is 2.27 bits per heavy atom. The largest absolute Gasteiger partial charge is 0.468 e. The molecule has 0 unspecified atom stereocenters. The second-order valence-electron chi connectivity index (χ2n) is 6.42. The van der Waals surface area contributed by atoms with E-state index < -0.39 is 0 Å². The molecule has 1 N–H and O–H groups in total. The summed E-state index contributed by atoms with van der Waals surface area (Å²) in [5.41, 5.74) is 0. The van der Waals surface area contributed by atoms with E-state index in [0.29, 0.717) is 25.6 Å². The van der Waals surface area contributed by atoms with Gasteiger partial charge in [-0.15, -0.1) is 0 Å². The van der Waals surface area contributed by atoms with Crippen molar-refractivity contribution in [2.24, 2.45) is 5.92 Å². The van der Waals surface area contributed by atoms with Gasteiger partial charge in [0.2, 0.25) is 11.8 Å². The van der Waals surface area contributed by atoms with Crippen molar-refractivity contribution in [2.45, 2.75) is 31.3 Å². The Labute approximate surface area is 130 Å². The number of amides is 2. The lowest BCUT2D eigenvalue weighted by Gasteiger charge is -2.23. The molecule has 2 heterocycles. The standard InChI is InChI=1S/C16H23N3O3/c1-18(2)13(14-4-3-7-22-14)9-17-16(21)11-8-15(20)19(10-11)12-5-6-12/h3-4,7,11-13H,5-6,8-10H2,1-2H3,(H,17,21)/t11-,13+/m1/s1. The minimum atomic E-state index is -0.215. The van der Waals surface area contributed by atoms with Crippen LogP contribution in [0.4, 0.5) is 0 Å². The van der Waals surface area contributed by atoms with Crippen molar-refractivity contribution in [2.75, 3.05) is 27.2 Å². The quantitative estimate of drug-likeness (QED) is 0.852. The summed E-state index contributed by atoms with van der Waals surface area (Å²) in [6.45, 7) is 1.05. The minimum Gasteiger partial charge on any atom is -0.468 e. The summed E-state index contributed by atoms with van der Waals surface area (Å²) in [6, 6.07) is 4.14. The summed E-state index contributed by atoms with van der Waals surface area (Å²) in [7, 11) is 3.90. The predicted octanol–water partition coefficient (Wildman–Crippen LogP) is 1.01. The topological polar surface area (TPSA) is 65.8 Å². The Morgan fingerprint density at radius 3 is 2.86 bits per heavy atom. The Hall–Kier alpha value is -1.82. The lowest BCUT2D eigenvalue weighted by atomic mass is 10.1. The zero-order chi connectivity index (χ0) is 15.7. The van der Waals surface area contributed by atoms with E-state index in [-0.39, 0.29) is 23.8 Å². The third-order valence-electron chi connectivity index (χ3n) is 4.48. The molecule has 1 aromatic rings. The molecule has 0 radical (unpaired) electrons. The summed E-state index contributed by atoms with van der Waals surface area (Å²) >= 11 is 0. The van der Waals surface area contributed by atoms with E-state index in [0.717, 1.165) is 18.6 Å². The van der Waals surface area contributed by atoms with Gasteiger partial charge < -0.3 is 14.6 Å². The van der Waals surface area contributed by atoms with Crippen LogP contribution in [0.15, 0.2) is 22.8 Å². The maximum absolute atomic E-state index is 12.3. The van der Waals surface area contributed by atoms with Crippen LogP contribution in [0, 0.1) is 5.92 Å². The summed E-state index contributed by atoms with van der Waals surface area (Å²) in [5.74, 6) is 0.702. The highest BCUT2D eigenvalue weighted by Crippen LogP contribution is 2.32. The first kappa shape index (κ1) is 15.1. The van der Waals surface area contributed by atoms with Crippen LogP contribution in [0.5, 0.6) is 0 Å². The number of rotatable bonds is 6. The molecule has 6 heteroatoms. The van der Waals surface area contributed by atoms with Gasteiger partial charge in [0.05, 0.1) is 18.2 Å². The predicted molar refractivity (Wildman–Crippen MR) is 81.0 cm³/mol. The maximum atomic E-state index is 12.3. The molecule has 120 valence electrons. The fourth-order valence-electron chi connectivity index (χ4n) is 3.01. The molecule has 0 bridgehead atoms. The van der Waals surface area contributed by atoms with Crippen LogP contribution in [-0.4, -0.2) is 54.8 Å². The van der Waals surface area contributed by atoms with Crippen molar-refractivity contribution in [3.05, 3.63) is 24.2 Å². The van der Waals surface area contributed by atoms with Crippen LogP contribution in [0.1, 0.15) is 31.1 Å². The van der Waals surface area contributed by atoms with Crippen LogP contribution < -0.4 is 5.32 Å². The summed E-state index contributed by atoms with van der Waals surface area (Å²) in [4.78, 5) is 28.1. The van der Waals surface area contributed by atoms with E-state index in [4.69, 9.17) is 4.42 Å². The number of likely N-dealkylation sites (tertiary alicyclic amines) is 1. The van der Waals surface area contributed by atoms with Gasteiger partial charge in [0.25, 0.3) is 0 Å². The third-order valence-corrected chi connectivity index (χ3v) is 4.48. The zero-order valence-corrected chi connectivity index (χ0v) is 13.1. The maximum Gasteiger partial charge on any atom is 0.225 e. The van der Waals surface area contributed by atoms with E-state index in [2.05, 4.69) is 5.32 Å². The first-order valence-electron chi connectivity index (χ1n) is 7.83. The highest BCUT2D eigenvalue weighted by molar-refractivity contribution is 5.89. The van der Waals surface area contributed by atoms with Gasteiger partial charge in [-0.1, -0.05) is 0 Å². The Balaban J connectivity index is 1.54. The number of likely N-dealkylation sites (N-methyl/N-ethyl adjacent to an activating group) is 1. The molecule has 2 atom stereocenters. The van der Waals surface area contributed by atoms with Gasteiger partial charge in [0.1, 0.15) is 5.76 Å². The van der Waals surface area contributed by atoms with Gasteiger partial charge in [-0.2, -0.15) is 0 Å². The third kappa shape index (κ3) is 3.16. The lowest BCUT2D eigenvalue weighted by molar-refractivity contribution is -0.129. The Bertz CT molecular complexity index is 537. The van der Waals surface area contributed by atoms with Crippen molar-refractivity contribution in [3.8, 4) is 0 Å². The van der Waals surface area contributed by atoms with Crippen molar-refractivity contribution >= 4 is 11.8 Å². The Morgan fingerprint density at radius 1 is 1.50 bits per heavy atom. The molecule has 6 nitrogen and oxygen atoms in total. The van der Waals surface area contributed by atoms with Crippen LogP contribution in [0.25, 0.3) is 0 Å². The lowest BCUT2D eigenvalue weighted by Crippen LogP contribution is -2.38. The van der Waals surface area contributed by atoms with E-state index >= 15 is 0 Å². The van der Waals surface area contributed by atoms with Crippen molar-refractivity contribution < 1.29 is 14.0 Å². The number of carbonyl (C=O) groups excluding carboxylic acids is 2. The second-order valence-corrected chi connectivity index (χ2v) is 6.42. The molecule has 0 spiro atoms. The number of hydrogen-bond donors (Lipinski definition) is 1. The van der Waals surface area contributed by atoms with Gasteiger partial charge in [-0.3, -0.25) is 14.5 Å². The normalized spacial score (nSPS) is 23.1. The highest BCUT2D eigenvalue weighted by Gasteiger charge is 2.41. The number of nitrogens with zero attached hydrogens (tertiary/aromatic N) is 2. The molecule has 1 saturated carbocycles. The number of carbonyl (C=O) groups is 2. The SMILES string of the molecule is CN(C)[C@@H](CNC(=O)[C@@H]1CC(=O)N(C2CC2)C1)c1ccco1. The molecule has 1 aliphatic heterocycles. The fourth-order valence-corrected chi connectivity index (χ4v) is 3.01. The molecule has 1 aliphatic carbocycles. The zero-order valence-electron chi connectivity index (χ0n) is 13.1. The van der Waals surface area contributed by atoms with Crippen molar-refractivity contribution in [3.63, 3.8) is 0 Å². The van der Waals surface area contributed by atoms with Gasteiger partial charge in [-0.05, 0) is 39.1 Å². The number of hydrogen-bond acceptors (Lipinski definition) is 4. The van der Waals surface area contributed by atoms with Crippen molar-refractivity contribution in [1.82, 2.24) is 15.1 Å². The molecule has 1 aromatic heterocycles. The smallest absolute Gasteiger partial charge is 0.225 e. The van der Waals surface area contributed by atoms with E-state index in [1.165, 1.54) is 0 Å². The van der Waals surface area contributed by atoms with E-state index in [1.54, 1.807) is 6.26 Å². The number of nitrogens with one attached hydrogen (secondary N) is 1. The van der Waals surface area contributed by atoms with Gasteiger partial charge in [0, 0.05) is 25.6 Å². The van der Waals surface area contributed by atoms with Gasteiger partial charge in [-0.25, -0.2) is 0 Å². The van der Waals surface area contributed by atoms with Crippen LogP contribution in [-0.2, 0) is 9.59 Å². The molecule has 1 saturated heterocycles. The van der Waals surface area contributed by atoms with E-state index in [1.807, 2.05) is 36.0 Å². The summed E-state index contributed by atoms with van der Waals surface area (Å²) in [6.07, 6.45) is 4.15. The molecular formula is C16H23N3O3. The fraction of sp³-hybridized carbons (Fsp3) is 0.625. The minimum absolute atomic E-state index is 0.00408. The van der Waals surface area contributed by atoms with Crippen LogP contribution >= 0.6 is 0 Å². The monoisotopic (exact) mass is 305 g/mol. The van der Waals surface area contributed by atoms with Gasteiger partial charge >= 0.3 is 0 Å².